The minimum Gasteiger partial charge on any atom is -0.495 e. The van der Waals surface area contributed by atoms with E-state index in [2.05, 4.69) is 20.3 Å². The standard InChI is InChI=1S/C24H27N5O5/c1-3-14-33-17-10-8-16(9-11-17)19(30)12-13-22(31)34-15-21-27-23(25)29-24(28-21)26-18-6-4-5-7-20(18)32-2/h4-11H,3,12-15H2,1-2H3,(H3,25,26,27,28,29). The largest absolute Gasteiger partial charge is 0.495 e. The second kappa shape index (κ2) is 12.1. The number of benzene rings is 2. The summed E-state index contributed by atoms with van der Waals surface area (Å²) in [5, 5.41) is 3.00. The maximum Gasteiger partial charge on any atom is 0.306 e. The number of aromatic nitrogens is 3. The Balaban J connectivity index is 1.51. The molecule has 2 aromatic carbocycles. The van der Waals surface area contributed by atoms with Gasteiger partial charge in [0, 0.05) is 12.0 Å². The molecule has 0 bridgehead atoms. The smallest absolute Gasteiger partial charge is 0.306 e. The average Bonchev–Trinajstić information content (AvgIpc) is 2.85. The fourth-order valence-corrected chi connectivity index (χ4v) is 2.96. The van der Waals surface area contributed by atoms with E-state index in [-0.39, 0.29) is 43.0 Å². The molecule has 3 rings (SSSR count). The van der Waals surface area contributed by atoms with Crippen LogP contribution >= 0.6 is 0 Å². The van der Waals surface area contributed by atoms with Crippen LogP contribution in [0.25, 0.3) is 0 Å². The number of ether oxygens (including phenoxy) is 3. The first-order valence-corrected chi connectivity index (χ1v) is 10.8. The number of Topliss-reactive ketones (excluding diaryl/α,β-unsaturated/α-hetero) is 1. The Morgan fingerprint density at radius 1 is 1.00 bits per heavy atom. The lowest BCUT2D eigenvalue weighted by molar-refractivity contribution is -0.145. The van der Waals surface area contributed by atoms with Gasteiger partial charge in [-0.15, -0.1) is 0 Å². The summed E-state index contributed by atoms with van der Waals surface area (Å²) in [6.07, 6.45) is 0.854. The number of para-hydroxylation sites is 2. The van der Waals surface area contributed by atoms with Gasteiger partial charge in [0.05, 0.1) is 25.8 Å². The van der Waals surface area contributed by atoms with Crippen molar-refractivity contribution in [3.63, 3.8) is 0 Å². The van der Waals surface area contributed by atoms with E-state index in [0.29, 0.717) is 29.4 Å². The summed E-state index contributed by atoms with van der Waals surface area (Å²) in [7, 11) is 1.55. The summed E-state index contributed by atoms with van der Waals surface area (Å²) in [6.45, 7) is 2.43. The highest BCUT2D eigenvalue weighted by Crippen LogP contribution is 2.25. The normalized spacial score (nSPS) is 10.4. The second-order valence-corrected chi connectivity index (χ2v) is 7.22. The van der Waals surface area contributed by atoms with Crippen LogP contribution in [0.3, 0.4) is 0 Å². The molecular formula is C24H27N5O5. The van der Waals surface area contributed by atoms with Gasteiger partial charge in [0.1, 0.15) is 11.5 Å². The van der Waals surface area contributed by atoms with Gasteiger partial charge in [-0.3, -0.25) is 9.59 Å². The SMILES string of the molecule is CCCOc1ccc(C(=O)CCC(=O)OCc2nc(N)nc(Nc3ccccc3OC)n2)cc1. The quantitative estimate of drug-likeness (QED) is 0.301. The van der Waals surface area contributed by atoms with Crippen molar-refractivity contribution in [1.82, 2.24) is 15.0 Å². The molecule has 0 aliphatic heterocycles. The van der Waals surface area contributed by atoms with Crippen molar-refractivity contribution < 1.29 is 23.8 Å². The topological polar surface area (TPSA) is 139 Å². The first kappa shape index (κ1) is 24.4. The number of hydrogen-bond acceptors (Lipinski definition) is 10. The summed E-state index contributed by atoms with van der Waals surface area (Å²) >= 11 is 0. The highest BCUT2D eigenvalue weighted by atomic mass is 16.5. The van der Waals surface area contributed by atoms with Crippen molar-refractivity contribution in [2.75, 3.05) is 24.8 Å². The minimum absolute atomic E-state index is 0.0218. The van der Waals surface area contributed by atoms with E-state index in [0.717, 1.165) is 6.42 Å². The molecule has 0 atom stereocenters. The zero-order chi connectivity index (χ0) is 24.3. The predicted molar refractivity (Wildman–Crippen MR) is 126 cm³/mol. The number of nitrogens with two attached hydrogens (primary N) is 1. The highest BCUT2D eigenvalue weighted by molar-refractivity contribution is 5.97. The third kappa shape index (κ3) is 7.16. The van der Waals surface area contributed by atoms with Gasteiger partial charge in [0.25, 0.3) is 0 Å². The Bertz CT molecular complexity index is 1120. The van der Waals surface area contributed by atoms with Crippen LogP contribution in [0.5, 0.6) is 11.5 Å². The van der Waals surface area contributed by atoms with Gasteiger partial charge >= 0.3 is 5.97 Å². The maximum absolute atomic E-state index is 12.3. The van der Waals surface area contributed by atoms with E-state index >= 15 is 0 Å². The van der Waals surface area contributed by atoms with Crippen LogP contribution in [0.4, 0.5) is 17.6 Å². The van der Waals surface area contributed by atoms with Gasteiger partial charge in [-0.25, -0.2) is 0 Å². The Hall–Kier alpha value is -4.21. The molecule has 10 heteroatoms. The molecule has 1 heterocycles. The molecule has 0 fully saturated rings. The molecule has 0 aliphatic rings. The zero-order valence-electron chi connectivity index (χ0n) is 19.1. The molecule has 0 radical (unpaired) electrons. The first-order valence-electron chi connectivity index (χ1n) is 10.8. The highest BCUT2D eigenvalue weighted by Gasteiger charge is 2.13. The number of carbonyl (C=O) groups is 2. The number of anilines is 3. The maximum atomic E-state index is 12.3. The van der Waals surface area contributed by atoms with Gasteiger partial charge in [-0.1, -0.05) is 19.1 Å². The lowest BCUT2D eigenvalue weighted by atomic mass is 10.1. The van der Waals surface area contributed by atoms with Gasteiger partial charge in [0.2, 0.25) is 11.9 Å². The average molecular weight is 466 g/mol. The molecule has 1 aromatic heterocycles. The number of nitrogens with one attached hydrogen (secondary N) is 1. The fourth-order valence-electron chi connectivity index (χ4n) is 2.96. The number of hydrogen-bond donors (Lipinski definition) is 2. The molecule has 3 N–H and O–H groups in total. The molecule has 0 unspecified atom stereocenters. The summed E-state index contributed by atoms with van der Waals surface area (Å²) < 4.78 is 16.0. The number of methoxy groups -OCH3 is 1. The lowest BCUT2D eigenvalue weighted by Gasteiger charge is -2.11. The summed E-state index contributed by atoms with van der Waals surface area (Å²) in [5.74, 6) is 0.925. The molecule has 0 saturated carbocycles. The predicted octanol–water partition coefficient (Wildman–Crippen LogP) is 3.70. The van der Waals surface area contributed by atoms with Crippen LogP contribution in [0.15, 0.2) is 48.5 Å². The first-order chi connectivity index (χ1) is 16.5. The molecule has 3 aromatic rings. The molecule has 0 saturated heterocycles. The van der Waals surface area contributed by atoms with Crippen molar-refractivity contribution in [3.05, 3.63) is 59.9 Å². The van der Waals surface area contributed by atoms with Crippen molar-refractivity contribution in [2.45, 2.75) is 32.8 Å². The van der Waals surface area contributed by atoms with E-state index in [4.69, 9.17) is 19.9 Å². The number of nitrogen functional groups attached to an aromatic ring is 1. The zero-order valence-corrected chi connectivity index (χ0v) is 19.1. The van der Waals surface area contributed by atoms with Crippen LogP contribution in [0, 0.1) is 0 Å². The molecular weight excluding hydrogens is 438 g/mol. The van der Waals surface area contributed by atoms with Crippen LogP contribution in [-0.2, 0) is 16.1 Å². The van der Waals surface area contributed by atoms with Gasteiger partial charge < -0.3 is 25.3 Å². The summed E-state index contributed by atoms with van der Waals surface area (Å²) in [4.78, 5) is 36.7. The molecule has 178 valence electrons. The molecule has 34 heavy (non-hydrogen) atoms. The molecule has 0 amide bonds. The number of nitrogens with zero attached hydrogens (tertiary/aromatic N) is 3. The van der Waals surface area contributed by atoms with Crippen molar-refractivity contribution in [1.29, 1.82) is 0 Å². The van der Waals surface area contributed by atoms with E-state index < -0.39 is 5.97 Å². The third-order valence-corrected chi connectivity index (χ3v) is 4.62. The number of esters is 1. The van der Waals surface area contributed by atoms with Crippen LogP contribution in [0.2, 0.25) is 0 Å². The third-order valence-electron chi connectivity index (χ3n) is 4.62. The van der Waals surface area contributed by atoms with E-state index in [1.165, 1.54) is 0 Å². The van der Waals surface area contributed by atoms with Crippen molar-refractivity contribution >= 4 is 29.3 Å². The number of rotatable bonds is 12. The number of carbonyl (C=O) groups excluding carboxylic acids is 2. The van der Waals surface area contributed by atoms with Gasteiger partial charge in [0.15, 0.2) is 18.2 Å². The minimum atomic E-state index is -0.547. The molecule has 0 aliphatic carbocycles. The van der Waals surface area contributed by atoms with Gasteiger partial charge in [-0.2, -0.15) is 15.0 Å². The lowest BCUT2D eigenvalue weighted by Crippen LogP contribution is -2.12. The fraction of sp³-hybridized carbons (Fsp3) is 0.292. The summed E-state index contributed by atoms with van der Waals surface area (Å²) in [6, 6.07) is 14.1. The van der Waals surface area contributed by atoms with Crippen molar-refractivity contribution in [3.8, 4) is 11.5 Å². The Morgan fingerprint density at radius 2 is 1.76 bits per heavy atom. The van der Waals surface area contributed by atoms with E-state index in [1.54, 1.807) is 43.5 Å². The van der Waals surface area contributed by atoms with E-state index in [9.17, 15) is 9.59 Å². The van der Waals surface area contributed by atoms with Crippen LogP contribution in [-0.4, -0.2) is 40.4 Å². The van der Waals surface area contributed by atoms with E-state index in [1.807, 2.05) is 19.1 Å². The van der Waals surface area contributed by atoms with Crippen LogP contribution < -0.4 is 20.5 Å². The number of ketones is 1. The summed E-state index contributed by atoms with van der Waals surface area (Å²) in [5.41, 5.74) is 6.91. The molecule has 0 spiro atoms. The molecule has 10 nitrogen and oxygen atoms in total. The Kier molecular flexibility index (Phi) is 8.73. The van der Waals surface area contributed by atoms with Crippen molar-refractivity contribution in [2.24, 2.45) is 0 Å². The Labute approximate surface area is 197 Å². The van der Waals surface area contributed by atoms with Gasteiger partial charge in [-0.05, 0) is 42.8 Å². The Morgan fingerprint density at radius 3 is 2.50 bits per heavy atom. The monoisotopic (exact) mass is 465 g/mol. The van der Waals surface area contributed by atoms with Crippen LogP contribution in [0.1, 0.15) is 42.4 Å². The second-order valence-electron chi connectivity index (χ2n) is 7.22.